The molecule has 0 spiro atoms. The van der Waals surface area contributed by atoms with Crippen molar-refractivity contribution in [1.29, 1.82) is 0 Å². The van der Waals surface area contributed by atoms with E-state index in [1.54, 1.807) is 11.8 Å². The molecule has 2 aliphatic rings. The van der Waals surface area contributed by atoms with Crippen molar-refractivity contribution in [3.05, 3.63) is 59.7 Å². The molecule has 1 N–H and O–H groups in total. The molecule has 0 radical (unpaired) electrons. The molecule has 1 aliphatic heterocycles. The standard InChI is InChI=1S/C22H24N2O2S/c25-21(23-18-9-5-7-16-6-1-2-8-17(16)18)12-13-22(26)24-14-15-27-20-11-4-3-10-19(20)24/h1-4,6,8,10-11,18H,5,7,9,12-15H2,(H,23,25). The van der Waals surface area contributed by atoms with Gasteiger partial charge in [-0.05, 0) is 42.5 Å². The molecular formula is C22H24N2O2S. The number of carbonyl (C=O) groups is 2. The highest BCUT2D eigenvalue weighted by atomic mass is 32.2. The van der Waals surface area contributed by atoms with Gasteiger partial charge in [0.1, 0.15) is 0 Å². The first kappa shape index (κ1) is 18.1. The summed E-state index contributed by atoms with van der Waals surface area (Å²) in [5.41, 5.74) is 3.53. The summed E-state index contributed by atoms with van der Waals surface area (Å²) in [6.07, 6.45) is 3.62. The van der Waals surface area contributed by atoms with Gasteiger partial charge in [-0.1, -0.05) is 36.4 Å². The molecule has 2 amide bonds. The zero-order valence-corrected chi connectivity index (χ0v) is 16.1. The SMILES string of the molecule is O=C(CCC(=O)N1CCSc2ccccc21)NC1CCCc2ccccc21. The normalized spacial score (nSPS) is 18.4. The minimum Gasteiger partial charge on any atom is -0.349 e. The highest BCUT2D eigenvalue weighted by molar-refractivity contribution is 7.99. The Morgan fingerprint density at radius 2 is 1.89 bits per heavy atom. The van der Waals surface area contributed by atoms with Gasteiger partial charge in [0.15, 0.2) is 0 Å². The number of nitrogens with zero attached hydrogens (tertiary/aromatic N) is 1. The fraction of sp³-hybridized carbons (Fsp3) is 0.364. The lowest BCUT2D eigenvalue weighted by Gasteiger charge is -2.29. The van der Waals surface area contributed by atoms with Gasteiger partial charge in [-0.3, -0.25) is 9.59 Å². The van der Waals surface area contributed by atoms with Crippen molar-refractivity contribution in [3.63, 3.8) is 0 Å². The molecular weight excluding hydrogens is 356 g/mol. The van der Waals surface area contributed by atoms with Gasteiger partial charge >= 0.3 is 0 Å². The van der Waals surface area contributed by atoms with Crippen LogP contribution in [-0.2, 0) is 16.0 Å². The van der Waals surface area contributed by atoms with E-state index >= 15 is 0 Å². The maximum atomic E-state index is 12.7. The number of rotatable bonds is 4. The molecule has 4 nitrogen and oxygen atoms in total. The smallest absolute Gasteiger partial charge is 0.227 e. The van der Waals surface area contributed by atoms with Crippen molar-refractivity contribution >= 4 is 29.3 Å². The zero-order valence-electron chi connectivity index (χ0n) is 15.3. The Morgan fingerprint density at radius 1 is 1.07 bits per heavy atom. The lowest BCUT2D eigenvalue weighted by Crippen LogP contribution is -2.37. The first-order chi connectivity index (χ1) is 13.2. The van der Waals surface area contributed by atoms with Crippen LogP contribution in [0.25, 0.3) is 0 Å². The Labute approximate surface area is 164 Å². The van der Waals surface area contributed by atoms with E-state index in [-0.39, 0.29) is 30.7 Å². The van der Waals surface area contributed by atoms with Crippen LogP contribution in [0.15, 0.2) is 53.4 Å². The molecule has 140 valence electrons. The summed E-state index contributed by atoms with van der Waals surface area (Å²) in [6, 6.07) is 16.4. The molecule has 2 aromatic carbocycles. The van der Waals surface area contributed by atoms with Crippen LogP contribution >= 0.6 is 11.8 Å². The summed E-state index contributed by atoms with van der Waals surface area (Å²) in [6.45, 7) is 0.706. The molecule has 1 unspecified atom stereocenters. The van der Waals surface area contributed by atoms with E-state index in [9.17, 15) is 9.59 Å². The minimum atomic E-state index is -0.0373. The molecule has 0 bridgehead atoms. The molecule has 1 atom stereocenters. The summed E-state index contributed by atoms with van der Waals surface area (Å²) in [5.74, 6) is 0.889. The molecule has 2 aromatic rings. The maximum absolute atomic E-state index is 12.7. The Balaban J connectivity index is 1.35. The second kappa shape index (κ2) is 8.17. The van der Waals surface area contributed by atoms with Gasteiger partial charge in [0, 0.05) is 30.0 Å². The summed E-state index contributed by atoms with van der Waals surface area (Å²) < 4.78 is 0. The maximum Gasteiger partial charge on any atom is 0.227 e. The van der Waals surface area contributed by atoms with Crippen LogP contribution in [0.3, 0.4) is 0 Å². The van der Waals surface area contributed by atoms with Crippen molar-refractivity contribution in [2.75, 3.05) is 17.2 Å². The van der Waals surface area contributed by atoms with Crippen LogP contribution in [0.2, 0.25) is 0 Å². The quantitative estimate of drug-likeness (QED) is 0.869. The third kappa shape index (κ3) is 4.03. The Hall–Kier alpha value is -2.27. The summed E-state index contributed by atoms with van der Waals surface area (Å²) in [4.78, 5) is 28.1. The Morgan fingerprint density at radius 3 is 2.81 bits per heavy atom. The van der Waals surface area contributed by atoms with E-state index in [0.717, 1.165) is 35.6 Å². The molecule has 1 heterocycles. The van der Waals surface area contributed by atoms with Crippen LogP contribution in [0.5, 0.6) is 0 Å². The Bertz CT molecular complexity index is 852. The summed E-state index contributed by atoms with van der Waals surface area (Å²) in [5, 5.41) is 3.14. The zero-order chi connectivity index (χ0) is 18.6. The highest BCUT2D eigenvalue weighted by Gasteiger charge is 2.24. The van der Waals surface area contributed by atoms with Crippen LogP contribution in [-0.4, -0.2) is 24.1 Å². The predicted octanol–water partition coefficient (Wildman–Crippen LogP) is 4.10. The number of nitrogens with one attached hydrogen (secondary N) is 1. The van der Waals surface area contributed by atoms with Gasteiger partial charge in [0.2, 0.25) is 11.8 Å². The fourth-order valence-electron chi connectivity index (χ4n) is 3.95. The number of para-hydroxylation sites is 1. The number of amides is 2. The number of anilines is 1. The molecule has 4 rings (SSSR count). The number of thioether (sulfide) groups is 1. The van der Waals surface area contributed by atoms with E-state index in [0.29, 0.717) is 6.54 Å². The minimum absolute atomic E-state index is 0.0296. The van der Waals surface area contributed by atoms with Crippen LogP contribution in [0, 0.1) is 0 Å². The number of aryl methyl sites for hydroxylation is 1. The monoisotopic (exact) mass is 380 g/mol. The second-order valence-electron chi connectivity index (χ2n) is 7.07. The number of carbonyl (C=O) groups excluding carboxylic acids is 2. The van der Waals surface area contributed by atoms with Gasteiger partial charge in [-0.2, -0.15) is 0 Å². The van der Waals surface area contributed by atoms with Gasteiger partial charge in [0.05, 0.1) is 11.7 Å². The van der Waals surface area contributed by atoms with Gasteiger partial charge in [0.25, 0.3) is 0 Å². The molecule has 5 heteroatoms. The predicted molar refractivity (Wildman–Crippen MR) is 109 cm³/mol. The van der Waals surface area contributed by atoms with Crippen molar-refractivity contribution in [2.24, 2.45) is 0 Å². The molecule has 0 saturated carbocycles. The van der Waals surface area contributed by atoms with Crippen LogP contribution < -0.4 is 10.2 Å². The van der Waals surface area contributed by atoms with Gasteiger partial charge in [-0.15, -0.1) is 11.8 Å². The van der Waals surface area contributed by atoms with Gasteiger partial charge in [-0.25, -0.2) is 0 Å². The summed E-state index contributed by atoms with van der Waals surface area (Å²) >= 11 is 1.78. The lowest BCUT2D eigenvalue weighted by molar-refractivity contribution is -0.125. The number of fused-ring (bicyclic) bond motifs is 2. The number of benzene rings is 2. The number of hydrogen-bond donors (Lipinski definition) is 1. The average molecular weight is 381 g/mol. The summed E-state index contributed by atoms with van der Waals surface area (Å²) in [7, 11) is 0. The first-order valence-corrected chi connectivity index (χ1v) is 10.6. The van der Waals surface area contributed by atoms with Crippen molar-refractivity contribution < 1.29 is 9.59 Å². The largest absolute Gasteiger partial charge is 0.349 e. The van der Waals surface area contributed by atoms with Crippen molar-refractivity contribution in [2.45, 2.75) is 43.0 Å². The Kier molecular flexibility index (Phi) is 5.48. The van der Waals surface area contributed by atoms with E-state index in [4.69, 9.17) is 0 Å². The van der Waals surface area contributed by atoms with Crippen LogP contribution in [0.4, 0.5) is 5.69 Å². The topological polar surface area (TPSA) is 49.4 Å². The fourth-order valence-corrected chi connectivity index (χ4v) is 4.95. The molecule has 0 aromatic heterocycles. The van der Waals surface area contributed by atoms with Gasteiger partial charge < -0.3 is 10.2 Å². The molecule has 0 fully saturated rings. The van der Waals surface area contributed by atoms with Crippen molar-refractivity contribution in [1.82, 2.24) is 5.32 Å². The van der Waals surface area contributed by atoms with E-state index < -0.39 is 0 Å². The third-order valence-electron chi connectivity index (χ3n) is 5.30. The molecule has 1 aliphatic carbocycles. The first-order valence-electron chi connectivity index (χ1n) is 9.62. The van der Waals surface area contributed by atoms with E-state index in [2.05, 4.69) is 23.5 Å². The highest BCUT2D eigenvalue weighted by Crippen LogP contribution is 2.34. The average Bonchev–Trinajstić information content (AvgIpc) is 2.72. The third-order valence-corrected chi connectivity index (χ3v) is 6.34. The molecule has 27 heavy (non-hydrogen) atoms. The van der Waals surface area contributed by atoms with E-state index in [1.807, 2.05) is 35.2 Å². The lowest BCUT2D eigenvalue weighted by atomic mass is 9.87. The van der Waals surface area contributed by atoms with E-state index in [1.165, 1.54) is 11.1 Å². The second-order valence-corrected chi connectivity index (χ2v) is 8.21. The molecule has 0 saturated heterocycles. The number of hydrogen-bond acceptors (Lipinski definition) is 3. The van der Waals surface area contributed by atoms with Crippen molar-refractivity contribution in [3.8, 4) is 0 Å². The van der Waals surface area contributed by atoms with Crippen LogP contribution in [0.1, 0.15) is 42.9 Å².